The van der Waals surface area contributed by atoms with E-state index in [1.807, 2.05) is 74.5 Å². The van der Waals surface area contributed by atoms with E-state index < -0.39 is 0 Å². The van der Waals surface area contributed by atoms with Gasteiger partial charge in [-0.25, -0.2) is 4.98 Å². The molecule has 0 spiro atoms. The third kappa shape index (κ3) is 5.54. The molecule has 1 amide bonds. The molecule has 0 atom stereocenters. The largest absolute Gasteiger partial charge is 0.493 e. The Bertz CT molecular complexity index is 1230. The average Bonchev–Trinajstić information content (AvgIpc) is 2.84. The van der Waals surface area contributed by atoms with E-state index in [-0.39, 0.29) is 5.91 Å². The molecule has 0 aliphatic rings. The molecule has 8 nitrogen and oxygen atoms in total. The summed E-state index contributed by atoms with van der Waals surface area (Å²) in [6.07, 6.45) is 1.79. The number of nitrogens with zero attached hydrogens (tertiary/aromatic N) is 3. The van der Waals surface area contributed by atoms with Gasteiger partial charge in [0.05, 0.1) is 12.2 Å². The van der Waals surface area contributed by atoms with Gasteiger partial charge in [0.1, 0.15) is 17.4 Å². The highest BCUT2D eigenvalue weighted by atomic mass is 16.5. The molecule has 168 valence electrons. The number of aromatic nitrogens is 3. The van der Waals surface area contributed by atoms with Crippen LogP contribution in [-0.4, -0.2) is 40.8 Å². The highest BCUT2D eigenvalue weighted by Gasteiger charge is 2.16. The van der Waals surface area contributed by atoms with Gasteiger partial charge < -0.3 is 20.7 Å². The van der Waals surface area contributed by atoms with Crippen molar-refractivity contribution < 1.29 is 9.53 Å². The molecule has 2 heterocycles. The fraction of sp³-hybridized carbons (Fsp3) is 0.200. The first-order valence-electron chi connectivity index (χ1n) is 10.8. The number of fused-ring (bicyclic) bond motifs is 1. The van der Waals surface area contributed by atoms with E-state index in [9.17, 15) is 4.79 Å². The quantitative estimate of drug-likeness (QED) is 0.332. The molecule has 0 unspecified atom stereocenters. The first kappa shape index (κ1) is 22.0. The van der Waals surface area contributed by atoms with Crippen LogP contribution in [0.5, 0.6) is 5.75 Å². The Morgan fingerprint density at radius 3 is 2.45 bits per heavy atom. The molecule has 2 aromatic heterocycles. The Hall–Kier alpha value is -4.20. The zero-order chi connectivity index (χ0) is 23.0. The van der Waals surface area contributed by atoms with Crippen molar-refractivity contribution >= 4 is 34.1 Å². The molecule has 0 aliphatic heterocycles. The smallest absolute Gasteiger partial charge is 0.255 e. The summed E-state index contributed by atoms with van der Waals surface area (Å²) in [6.45, 7) is 5.30. The number of ether oxygens (including phenoxy) is 1. The van der Waals surface area contributed by atoms with E-state index in [1.165, 1.54) is 0 Å². The lowest BCUT2D eigenvalue weighted by atomic mass is 10.0. The molecule has 2 aromatic carbocycles. The fourth-order valence-corrected chi connectivity index (χ4v) is 3.38. The minimum Gasteiger partial charge on any atom is -0.493 e. The molecule has 0 saturated heterocycles. The highest BCUT2D eigenvalue weighted by Crippen LogP contribution is 2.28. The van der Waals surface area contributed by atoms with Crippen LogP contribution in [0.25, 0.3) is 10.8 Å². The van der Waals surface area contributed by atoms with Crippen LogP contribution < -0.4 is 20.7 Å². The number of aryl methyl sites for hydroxylation is 1. The minimum atomic E-state index is -0.173. The van der Waals surface area contributed by atoms with Gasteiger partial charge in [0.25, 0.3) is 5.91 Å². The van der Waals surface area contributed by atoms with Gasteiger partial charge in [-0.1, -0.05) is 36.4 Å². The first-order valence-corrected chi connectivity index (χ1v) is 10.8. The standard InChI is InChI=1S/C25H26N6O2/c1-3-33-20-10-9-18-6-4-5-7-19(18)24(20)25(32)27-15-14-26-22-12-13-23(31-30-22)29-21-11-8-17(2)16-28-21/h4-13,16H,3,14-15H2,1-2H3,(H,26,30)(H,27,32)(H,28,29,31). The summed E-state index contributed by atoms with van der Waals surface area (Å²) in [5.74, 6) is 2.33. The molecule has 0 radical (unpaired) electrons. The molecule has 0 aliphatic carbocycles. The van der Waals surface area contributed by atoms with Crippen LogP contribution in [0.2, 0.25) is 0 Å². The van der Waals surface area contributed by atoms with Gasteiger partial charge in [-0.2, -0.15) is 0 Å². The molecule has 0 fully saturated rings. The van der Waals surface area contributed by atoms with Crippen molar-refractivity contribution in [1.82, 2.24) is 20.5 Å². The van der Waals surface area contributed by atoms with Gasteiger partial charge in [-0.05, 0) is 54.4 Å². The zero-order valence-corrected chi connectivity index (χ0v) is 18.6. The first-order chi connectivity index (χ1) is 16.1. The third-order valence-electron chi connectivity index (χ3n) is 4.97. The molecule has 8 heteroatoms. The maximum Gasteiger partial charge on any atom is 0.255 e. The summed E-state index contributed by atoms with van der Waals surface area (Å²) in [4.78, 5) is 17.2. The lowest BCUT2D eigenvalue weighted by Crippen LogP contribution is -2.29. The van der Waals surface area contributed by atoms with Crippen LogP contribution in [0.4, 0.5) is 17.5 Å². The van der Waals surface area contributed by atoms with Crippen LogP contribution in [0.3, 0.4) is 0 Å². The van der Waals surface area contributed by atoms with E-state index >= 15 is 0 Å². The van der Waals surface area contributed by atoms with Crippen LogP contribution in [-0.2, 0) is 0 Å². The Morgan fingerprint density at radius 2 is 1.70 bits per heavy atom. The third-order valence-corrected chi connectivity index (χ3v) is 4.97. The molecular weight excluding hydrogens is 416 g/mol. The van der Waals surface area contributed by atoms with Crippen molar-refractivity contribution in [2.45, 2.75) is 13.8 Å². The van der Waals surface area contributed by atoms with Gasteiger partial charge >= 0.3 is 0 Å². The number of amides is 1. The van der Waals surface area contributed by atoms with Gasteiger partial charge in [0.15, 0.2) is 5.82 Å². The number of anilines is 3. The van der Waals surface area contributed by atoms with E-state index in [2.05, 4.69) is 31.1 Å². The predicted molar refractivity (Wildman–Crippen MR) is 130 cm³/mol. The summed E-state index contributed by atoms with van der Waals surface area (Å²) in [7, 11) is 0. The summed E-state index contributed by atoms with van der Waals surface area (Å²) in [6, 6.07) is 19.1. The second kappa shape index (κ2) is 10.4. The SMILES string of the molecule is CCOc1ccc2ccccc2c1C(=O)NCCNc1ccc(Nc2ccc(C)cn2)nn1. The van der Waals surface area contributed by atoms with Crippen molar-refractivity contribution in [2.75, 3.05) is 30.3 Å². The predicted octanol–water partition coefficient (Wildman–Crippen LogP) is 4.32. The number of benzene rings is 2. The van der Waals surface area contributed by atoms with E-state index in [4.69, 9.17) is 4.74 Å². The monoisotopic (exact) mass is 442 g/mol. The molecule has 3 N–H and O–H groups in total. The zero-order valence-electron chi connectivity index (χ0n) is 18.6. The van der Waals surface area contributed by atoms with Crippen LogP contribution in [0, 0.1) is 6.92 Å². The average molecular weight is 443 g/mol. The Morgan fingerprint density at radius 1 is 0.909 bits per heavy atom. The molecule has 0 bridgehead atoms. The molecule has 0 saturated carbocycles. The number of hydrogen-bond acceptors (Lipinski definition) is 7. The van der Waals surface area contributed by atoms with Crippen LogP contribution >= 0.6 is 0 Å². The van der Waals surface area contributed by atoms with Crippen LogP contribution in [0.15, 0.2) is 66.9 Å². The maximum atomic E-state index is 12.9. The minimum absolute atomic E-state index is 0.173. The van der Waals surface area contributed by atoms with Gasteiger partial charge in [0, 0.05) is 19.3 Å². The second-order valence-electron chi connectivity index (χ2n) is 7.43. The summed E-state index contributed by atoms with van der Waals surface area (Å²) in [5.41, 5.74) is 1.64. The highest BCUT2D eigenvalue weighted by molar-refractivity contribution is 6.09. The van der Waals surface area contributed by atoms with Crippen LogP contribution in [0.1, 0.15) is 22.8 Å². The normalized spacial score (nSPS) is 10.6. The lowest BCUT2D eigenvalue weighted by Gasteiger charge is -2.14. The van der Waals surface area contributed by atoms with Crippen molar-refractivity contribution in [2.24, 2.45) is 0 Å². The summed E-state index contributed by atoms with van der Waals surface area (Å²) in [5, 5.41) is 19.4. The number of carbonyl (C=O) groups is 1. The fourth-order valence-electron chi connectivity index (χ4n) is 3.38. The topological polar surface area (TPSA) is 101 Å². The van der Waals surface area contributed by atoms with Gasteiger partial charge in [-0.15, -0.1) is 10.2 Å². The molecule has 4 aromatic rings. The number of rotatable bonds is 9. The van der Waals surface area contributed by atoms with E-state index in [1.54, 1.807) is 6.20 Å². The van der Waals surface area contributed by atoms with Gasteiger partial charge in [0.2, 0.25) is 0 Å². The summed E-state index contributed by atoms with van der Waals surface area (Å²) >= 11 is 0. The van der Waals surface area contributed by atoms with E-state index in [0.29, 0.717) is 48.5 Å². The maximum absolute atomic E-state index is 12.9. The molecule has 4 rings (SSSR count). The lowest BCUT2D eigenvalue weighted by molar-refractivity contribution is 0.0953. The molecule has 33 heavy (non-hydrogen) atoms. The number of nitrogens with one attached hydrogen (secondary N) is 3. The Labute approximate surface area is 192 Å². The van der Waals surface area contributed by atoms with Crippen molar-refractivity contribution in [3.8, 4) is 5.75 Å². The van der Waals surface area contributed by atoms with Crippen molar-refractivity contribution in [3.63, 3.8) is 0 Å². The second-order valence-corrected chi connectivity index (χ2v) is 7.43. The van der Waals surface area contributed by atoms with Crippen molar-refractivity contribution in [3.05, 3.63) is 78.0 Å². The van der Waals surface area contributed by atoms with E-state index in [0.717, 1.165) is 16.3 Å². The van der Waals surface area contributed by atoms with Gasteiger partial charge in [-0.3, -0.25) is 4.79 Å². The number of carbonyl (C=O) groups excluding carboxylic acids is 1. The number of hydrogen-bond donors (Lipinski definition) is 3. The van der Waals surface area contributed by atoms with Crippen molar-refractivity contribution in [1.29, 1.82) is 0 Å². The Balaban J connectivity index is 1.32. The summed E-state index contributed by atoms with van der Waals surface area (Å²) < 4.78 is 5.70. The Kier molecular flexibility index (Phi) is 6.94. The molecular formula is C25H26N6O2. The number of pyridine rings is 1.